The summed E-state index contributed by atoms with van der Waals surface area (Å²) in [5, 5.41) is 34.0. The molecule has 4 aromatic carbocycles. The monoisotopic (exact) mass is 825 g/mol. The number of carbonyl (C=O) groups is 3. The highest BCUT2D eigenvalue weighted by molar-refractivity contribution is 5.98. The van der Waals surface area contributed by atoms with Crippen LogP contribution in [0.3, 0.4) is 0 Å². The summed E-state index contributed by atoms with van der Waals surface area (Å²) in [5.74, 6) is 0.467. The van der Waals surface area contributed by atoms with E-state index in [1.165, 1.54) is 0 Å². The van der Waals surface area contributed by atoms with Crippen LogP contribution in [0.1, 0.15) is 67.6 Å². The molecular formula is C48H55N7O6. The molecule has 1 saturated heterocycles. The molecule has 1 aliphatic heterocycles. The molecule has 13 heteroatoms. The number of aryl methyl sites for hydroxylation is 1. The Kier molecular flexibility index (Phi) is 13.6. The van der Waals surface area contributed by atoms with E-state index in [9.17, 15) is 24.6 Å². The van der Waals surface area contributed by atoms with Crippen molar-refractivity contribution in [2.24, 2.45) is 11.8 Å². The van der Waals surface area contributed by atoms with Crippen LogP contribution in [0.15, 0.2) is 115 Å². The molecule has 0 spiro atoms. The molecule has 1 aromatic heterocycles. The Morgan fingerprint density at radius 2 is 1.44 bits per heavy atom. The van der Waals surface area contributed by atoms with E-state index in [1.807, 2.05) is 91.1 Å². The van der Waals surface area contributed by atoms with Crippen LogP contribution in [0.5, 0.6) is 0 Å². The molecule has 61 heavy (non-hydrogen) atoms. The summed E-state index contributed by atoms with van der Waals surface area (Å²) in [4.78, 5) is 49.8. The summed E-state index contributed by atoms with van der Waals surface area (Å²) in [6.45, 7) is 1.26. The number of aliphatic hydroxyl groups is 2. The second-order valence-electron chi connectivity index (χ2n) is 16.3. The van der Waals surface area contributed by atoms with Crippen LogP contribution in [-0.2, 0) is 25.5 Å². The van der Waals surface area contributed by atoms with Crippen molar-refractivity contribution >= 4 is 23.4 Å². The van der Waals surface area contributed by atoms with Crippen LogP contribution >= 0.6 is 0 Å². The highest BCUT2D eigenvalue weighted by Crippen LogP contribution is 2.34. The van der Waals surface area contributed by atoms with Gasteiger partial charge in [0.1, 0.15) is 30.4 Å². The van der Waals surface area contributed by atoms with Gasteiger partial charge in [0.15, 0.2) is 0 Å². The number of imidazole rings is 1. The van der Waals surface area contributed by atoms with E-state index in [2.05, 4.69) is 55.5 Å². The second-order valence-corrected chi connectivity index (χ2v) is 16.3. The zero-order valence-electron chi connectivity index (χ0n) is 34.2. The Balaban J connectivity index is 0.812. The van der Waals surface area contributed by atoms with Gasteiger partial charge in [0.25, 0.3) is 0 Å². The first-order valence-electron chi connectivity index (χ1n) is 21.5. The van der Waals surface area contributed by atoms with E-state index >= 15 is 0 Å². The number of aliphatic hydroxyl groups excluding tert-OH is 2. The summed E-state index contributed by atoms with van der Waals surface area (Å²) in [6.07, 6.45) is 6.25. The lowest BCUT2D eigenvalue weighted by molar-refractivity contribution is -0.149. The maximum absolute atomic E-state index is 14.0. The van der Waals surface area contributed by atoms with Crippen molar-refractivity contribution in [1.82, 2.24) is 30.8 Å². The van der Waals surface area contributed by atoms with Gasteiger partial charge in [-0.05, 0) is 90.9 Å². The van der Waals surface area contributed by atoms with Crippen LogP contribution in [0.2, 0.25) is 0 Å². The fourth-order valence-corrected chi connectivity index (χ4v) is 7.78. The molecule has 5 aromatic rings. The number of amides is 3. The summed E-state index contributed by atoms with van der Waals surface area (Å²) >= 11 is 0. The van der Waals surface area contributed by atoms with Gasteiger partial charge < -0.3 is 35.5 Å². The van der Waals surface area contributed by atoms with Crippen molar-refractivity contribution in [2.45, 2.75) is 75.5 Å². The molecule has 13 nitrogen and oxygen atoms in total. The van der Waals surface area contributed by atoms with Gasteiger partial charge in [-0.25, -0.2) is 4.98 Å². The van der Waals surface area contributed by atoms with Crippen LogP contribution in [0.4, 0.5) is 5.69 Å². The van der Waals surface area contributed by atoms with Gasteiger partial charge in [0.05, 0.1) is 31.1 Å². The molecule has 5 unspecified atom stereocenters. The minimum atomic E-state index is -0.899. The number of ether oxygens (including phenoxy) is 1. The van der Waals surface area contributed by atoms with Gasteiger partial charge in [0, 0.05) is 24.6 Å². The summed E-state index contributed by atoms with van der Waals surface area (Å²) in [6, 6.07) is 32.6. The van der Waals surface area contributed by atoms with Crippen molar-refractivity contribution in [1.29, 1.82) is 0 Å². The second kappa shape index (κ2) is 19.8. The number of carbonyl (C=O) groups excluding carboxylic acids is 3. The number of unbranched alkanes of at least 4 members (excludes halogenated alkanes) is 1. The molecule has 2 aliphatic carbocycles. The topological polar surface area (TPSA) is 181 Å². The van der Waals surface area contributed by atoms with Gasteiger partial charge in [-0.1, -0.05) is 97.1 Å². The Labute approximate surface area is 356 Å². The number of aromatic amines is 1. The molecule has 2 saturated carbocycles. The first-order valence-corrected chi connectivity index (χ1v) is 21.5. The van der Waals surface area contributed by atoms with Crippen LogP contribution in [0.25, 0.3) is 22.4 Å². The maximum atomic E-state index is 14.0. The van der Waals surface area contributed by atoms with Gasteiger partial charge in [0.2, 0.25) is 17.7 Å². The molecule has 0 radical (unpaired) electrons. The standard InChI is InChI=1S/C48H55N7O6/c56-44(36-18-19-36)53-42(34-9-3-1-4-10-34)47(59)49-26-8-7-13-41-50-29-39(52-41)33-16-14-31(15-17-33)32-22-24-38(25-23-32)51-46(58)40-30-61-28-27-55(40)48(60)43(35-11-5-2-6-12-35)54-45(57)37-20-21-37/h1-6,9-12,14-17,22-25,29,36-37,40,42-43,45,47,49,54,57,59H,7-8,13,18-21,26-28,30H2,(H,50,52)(H,51,58)(H,53,56). The van der Waals surface area contributed by atoms with E-state index in [1.54, 1.807) is 4.90 Å². The fraction of sp³-hybridized carbons (Fsp3) is 0.375. The highest BCUT2D eigenvalue weighted by atomic mass is 16.5. The SMILES string of the molecule is O=C(NC(c1ccccc1)C(O)NCCCCc1ncc(-c2ccc(-c3ccc(NC(=O)C4COCCN4C(=O)C(NC(O)C4CC4)c4ccccc4)cc3)cc2)[nH]1)C1CC1. The van der Waals surface area contributed by atoms with Crippen LogP contribution in [-0.4, -0.2) is 87.6 Å². The Hall–Kier alpha value is -5.70. The number of anilines is 1. The molecule has 5 atom stereocenters. The number of nitrogens with zero attached hydrogens (tertiary/aromatic N) is 2. The molecule has 7 N–H and O–H groups in total. The Morgan fingerprint density at radius 3 is 2.11 bits per heavy atom. The van der Waals surface area contributed by atoms with Crippen molar-refractivity contribution in [3.63, 3.8) is 0 Å². The number of morpholine rings is 1. The lowest BCUT2D eigenvalue weighted by Gasteiger charge is -2.37. The lowest BCUT2D eigenvalue weighted by atomic mass is 10.0. The normalized spacial score (nSPS) is 18.5. The third-order valence-electron chi connectivity index (χ3n) is 11.7. The average Bonchev–Trinajstić information content (AvgIpc) is 4.26. The fourth-order valence-electron chi connectivity index (χ4n) is 7.78. The largest absolute Gasteiger partial charge is 0.378 e. The molecular weight excluding hydrogens is 771 g/mol. The molecule has 2 heterocycles. The van der Waals surface area contributed by atoms with Gasteiger partial charge in [-0.3, -0.25) is 25.0 Å². The number of benzene rings is 4. The minimum Gasteiger partial charge on any atom is -0.378 e. The first kappa shape index (κ1) is 42.0. The summed E-state index contributed by atoms with van der Waals surface area (Å²) < 4.78 is 5.67. The zero-order valence-corrected chi connectivity index (χ0v) is 34.2. The number of hydrogen-bond acceptors (Lipinski definition) is 9. The predicted octanol–water partition coefficient (Wildman–Crippen LogP) is 5.47. The number of rotatable bonds is 19. The van der Waals surface area contributed by atoms with E-state index in [0.717, 1.165) is 84.3 Å². The van der Waals surface area contributed by atoms with Crippen molar-refractivity contribution in [3.05, 3.63) is 132 Å². The van der Waals surface area contributed by atoms with E-state index < -0.39 is 30.6 Å². The summed E-state index contributed by atoms with van der Waals surface area (Å²) in [5.41, 5.74) is 6.15. The Morgan fingerprint density at radius 1 is 0.787 bits per heavy atom. The van der Waals surface area contributed by atoms with Gasteiger partial charge in [-0.15, -0.1) is 0 Å². The third-order valence-corrected chi connectivity index (χ3v) is 11.7. The molecule has 3 fully saturated rings. The zero-order chi connectivity index (χ0) is 42.1. The molecule has 0 bridgehead atoms. The van der Waals surface area contributed by atoms with E-state index in [0.29, 0.717) is 18.8 Å². The molecule has 3 aliphatic rings. The molecule has 3 amide bonds. The quantitative estimate of drug-likeness (QED) is 0.0420. The van der Waals surface area contributed by atoms with Crippen LogP contribution < -0.4 is 21.3 Å². The molecule has 318 valence electrons. The van der Waals surface area contributed by atoms with Crippen molar-refractivity contribution in [3.8, 4) is 22.4 Å². The smallest absolute Gasteiger partial charge is 0.249 e. The van der Waals surface area contributed by atoms with Crippen LogP contribution in [0, 0.1) is 11.8 Å². The number of nitrogens with one attached hydrogen (secondary N) is 5. The van der Waals surface area contributed by atoms with Gasteiger partial charge >= 0.3 is 0 Å². The predicted molar refractivity (Wildman–Crippen MR) is 232 cm³/mol. The first-order chi connectivity index (χ1) is 29.8. The van der Waals surface area contributed by atoms with E-state index in [-0.39, 0.29) is 42.7 Å². The Bertz CT molecular complexity index is 2210. The highest BCUT2D eigenvalue weighted by Gasteiger charge is 2.39. The number of aromatic nitrogens is 2. The maximum Gasteiger partial charge on any atom is 0.249 e. The summed E-state index contributed by atoms with van der Waals surface area (Å²) in [7, 11) is 0. The average molecular weight is 826 g/mol. The third kappa shape index (κ3) is 11.0. The van der Waals surface area contributed by atoms with E-state index in [4.69, 9.17) is 4.74 Å². The number of hydrogen-bond donors (Lipinski definition) is 7. The molecule has 8 rings (SSSR count). The van der Waals surface area contributed by atoms with Crippen molar-refractivity contribution < 1.29 is 29.3 Å². The minimum absolute atomic E-state index is 0.00178. The van der Waals surface area contributed by atoms with Crippen molar-refractivity contribution in [2.75, 3.05) is 31.6 Å². The lowest BCUT2D eigenvalue weighted by Crippen LogP contribution is -2.57. The van der Waals surface area contributed by atoms with Gasteiger partial charge in [-0.2, -0.15) is 0 Å². The number of H-pyrrole nitrogens is 1.